The normalized spacial score (nSPS) is 15.4. The van der Waals surface area contributed by atoms with Crippen LogP contribution in [-0.2, 0) is 0 Å². The average molecular weight is 404 g/mol. The van der Waals surface area contributed by atoms with Gasteiger partial charge in [-0.25, -0.2) is 0 Å². The van der Waals surface area contributed by atoms with E-state index < -0.39 is 0 Å². The molecule has 2 N–H and O–H groups in total. The summed E-state index contributed by atoms with van der Waals surface area (Å²) in [6.07, 6.45) is 7.98. The molecule has 0 saturated heterocycles. The first kappa shape index (κ1) is 20.2. The lowest BCUT2D eigenvalue weighted by Crippen LogP contribution is -2.11. The van der Waals surface area contributed by atoms with Gasteiger partial charge in [0.25, 0.3) is 5.56 Å². The van der Waals surface area contributed by atoms with E-state index in [0.29, 0.717) is 16.5 Å². The van der Waals surface area contributed by atoms with Crippen LogP contribution in [0.15, 0.2) is 46.1 Å². The highest BCUT2D eigenvalue weighted by Gasteiger charge is 2.16. The first-order chi connectivity index (χ1) is 13.1. The number of rotatable bonds is 7. The first-order valence-corrected chi connectivity index (χ1v) is 10.9. The molecule has 1 aromatic carbocycles. The number of allylic oxidation sites excluding steroid dienone is 1. The number of benzene rings is 1. The molecule has 1 aromatic heterocycles. The Balaban J connectivity index is 1.96. The quantitative estimate of drug-likeness (QED) is 0.478. The van der Waals surface area contributed by atoms with Gasteiger partial charge in [0, 0.05) is 34.1 Å². The van der Waals surface area contributed by atoms with Crippen molar-refractivity contribution in [3.05, 3.63) is 68.6 Å². The number of hydrogen-bond donors (Lipinski definition) is 2. The van der Waals surface area contributed by atoms with E-state index in [9.17, 15) is 4.79 Å². The fourth-order valence-electron chi connectivity index (χ4n) is 3.44. The lowest BCUT2D eigenvalue weighted by molar-refractivity contribution is 0.296. The van der Waals surface area contributed by atoms with E-state index in [2.05, 4.69) is 17.1 Å². The lowest BCUT2D eigenvalue weighted by Gasteiger charge is -2.14. The van der Waals surface area contributed by atoms with Crippen molar-refractivity contribution in [2.24, 2.45) is 5.92 Å². The Bertz CT molecular complexity index is 869. The molecule has 3 nitrogen and oxygen atoms in total. The van der Waals surface area contributed by atoms with Gasteiger partial charge in [-0.05, 0) is 55.9 Å². The van der Waals surface area contributed by atoms with Crippen LogP contribution in [0.25, 0.3) is 5.57 Å². The molecule has 5 heteroatoms. The maximum atomic E-state index is 12.1. The fourth-order valence-corrected chi connectivity index (χ4v) is 4.64. The van der Waals surface area contributed by atoms with Crippen molar-refractivity contribution in [2.45, 2.75) is 43.9 Å². The Hall–Kier alpha value is -1.49. The van der Waals surface area contributed by atoms with Crippen LogP contribution in [0.2, 0.25) is 5.02 Å². The number of aromatic nitrogens is 1. The second-order valence-corrected chi connectivity index (χ2v) is 8.62. The largest absolute Gasteiger partial charge is 0.396 e. The number of aromatic amines is 1. The Morgan fingerprint density at radius 2 is 2.07 bits per heavy atom. The molecule has 0 bridgehead atoms. The van der Waals surface area contributed by atoms with Crippen molar-refractivity contribution < 1.29 is 5.11 Å². The van der Waals surface area contributed by atoms with Crippen LogP contribution in [-0.4, -0.2) is 22.5 Å². The van der Waals surface area contributed by atoms with Crippen molar-refractivity contribution in [2.75, 3.05) is 12.4 Å². The SMILES string of the molecule is Cc1ccc(C(=CC2CCCC2)c2ccc(SCCCO)c(Cl)c2)[nH]c1=O. The number of aliphatic hydroxyl groups is 1. The summed E-state index contributed by atoms with van der Waals surface area (Å²) in [6.45, 7) is 2.01. The molecule has 0 radical (unpaired) electrons. The van der Waals surface area contributed by atoms with Crippen LogP contribution >= 0.6 is 23.4 Å². The zero-order valence-corrected chi connectivity index (χ0v) is 17.2. The minimum atomic E-state index is -0.0490. The van der Waals surface area contributed by atoms with Crippen LogP contribution in [0.4, 0.5) is 0 Å². The number of nitrogens with one attached hydrogen (secondary N) is 1. The van der Waals surface area contributed by atoms with Gasteiger partial charge >= 0.3 is 0 Å². The van der Waals surface area contributed by atoms with Crippen LogP contribution < -0.4 is 5.56 Å². The third-order valence-corrected chi connectivity index (χ3v) is 6.59. The Labute approximate surface area is 169 Å². The Morgan fingerprint density at radius 1 is 1.30 bits per heavy atom. The lowest BCUT2D eigenvalue weighted by atomic mass is 9.96. The average Bonchev–Trinajstić information content (AvgIpc) is 3.17. The van der Waals surface area contributed by atoms with Crippen LogP contribution in [0.1, 0.15) is 48.9 Å². The Morgan fingerprint density at radius 3 is 2.74 bits per heavy atom. The van der Waals surface area contributed by atoms with E-state index in [4.69, 9.17) is 16.7 Å². The van der Waals surface area contributed by atoms with E-state index in [1.165, 1.54) is 25.7 Å². The number of hydrogen-bond acceptors (Lipinski definition) is 3. The molecule has 0 spiro atoms. The molecule has 1 aliphatic rings. The molecule has 1 aliphatic carbocycles. The molecule has 27 heavy (non-hydrogen) atoms. The Kier molecular flexibility index (Phi) is 7.22. The van der Waals surface area contributed by atoms with Gasteiger partial charge in [-0.2, -0.15) is 0 Å². The predicted octanol–water partition coefficient (Wildman–Crippen LogP) is 5.43. The fraction of sp³-hybridized carbons (Fsp3) is 0.409. The smallest absolute Gasteiger partial charge is 0.251 e. The minimum absolute atomic E-state index is 0.0490. The third kappa shape index (κ3) is 5.28. The van der Waals surface area contributed by atoms with E-state index in [1.807, 2.05) is 31.2 Å². The number of H-pyrrole nitrogens is 1. The highest BCUT2D eigenvalue weighted by molar-refractivity contribution is 7.99. The van der Waals surface area contributed by atoms with Gasteiger partial charge in [-0.1, -0.05) is 42.7 Å². The monoisotopic (exact) mass is 403 g/mol. The molecule has 2 aromatic rings. The standard InChI is InChI=1S/C22H26ClNO2S/c1-15-7-9-20(24-22(15)26)18(13-16-5-2-3-6-16)17-8-10-21(19(23)14-17)27-12-4-11-25/h7-10,13-14,16,25H,2-6,11-12H2,1H3,(H,24,26). The van der Waals surface area contributed by atoms with Crippen molar-refractivity contribution >= 4 is 28.9 Å². The number of aryl methyl sites for hydroxylation is 1. The van der Waals surface area contributed by atoms with Gasteiger partial charge in [0.2, 0.25) is 0 Å². The predicted molar refractivity (Wildman–Crippen MR) is 115 cm³/mol. The summed E-state index contributed by atoms with van der Waals surface area (Å²) >= 11 is 8.19. The molecule has 0 atom stereocenters. The van der Waals surface area contributed by atoms with Crippen LogP contribution in [0.3, 0.4) is 0 Å². The zero-order chi connectivity index (χ0) is 19.2. The van der Waals surface area contributed by atoms with E-state index >= 15 is 0 Å². The van der Waals surface area contributed by atoms with E-state index in [1.54, 1.807) is 11.8 Å². The highest BCUT2D eigenvalue weighted by atomic mass is 35.5. The second-order valence-electron chi connectivity index (χ2n) is 7.08. The summed E-state index contributed by atoms with van der Waals surface area (Å²) in [5.74, 6) is 1.38. The van der Waals surface area contributed by atoms with E-state index in [0.717, 1.165) is 33.9 Å². The second kappa shape index (κ2) is 9.63. The highest BCUT2D eigenvalue weighted by Crippen LogP contribution is 2.35. The summed E-state index contributed by atoms with van der Waals surface area (Å²) in [5.41, 5.74) is 3.58. The summed E-state index contributed by atoms with van der Waals surface area (Å²) in [6, 6.07) is 9.95. The molecular formula is C22H26ClNO2S. The molecule has 144 valence electrons. The van der Waals surface area contributed by atoms with Gasteiger partial charge in [0.1, 0.15) is 0 Å². The van der Waals surface area contributed by atoms with Gasteiger partial charge in [-0.15, -0.1) is 11.8 Å². The van der Waals surface area contributed by atoms with Crippen molar-refractivity contribution in [1.82, 2.24) is 4.98 Å². The first-order valence-electron chi connectivity index (χ1n) is 9.54. The topological polar surface area (TPSA) is 53.1 Å². The molecule has 1 fully saturated rings. The number of aliphatic hydroxyl groups excluding tert-OH is 1. The molecular weight excluding hydrogens is 378 g/mol. The van der Waals surface area contributed by atoms with Gasteiger partial charge in [0.15, 0.2) is 0 Å². The molecule has 1 heterocycles. The summed E-state index contributed by atoms with van der Waals surface area (Å²) in [7, 11) is 0. The molecule has 0 unspecified atom stereocenters. The van der Waals surface area contributed by atoms with Crippen LogP contribution in [0, 0.1) is 12.8 Å². The van der Waals surface area contributed by atoms with Gasteiger partial charge < -0.3 is 10.1 Å². The van der Waals surface area contributed by atoms with Gasteiger partial charge in [0.05, 0.1) is 5.02 Å². The number of halogens is 1. The molecule has 3 rings (SSSR count). The third-order valence-electron chi connectivity index (χ3n) is 5.00. The van der Waals surface area contributed by atoms with E-state index in [-0.39, 0.29) is 12.2 Å². The van der Waals surface area contributed by atoms with Crippen molar-refractivity contribution in [1.29, 1.82) is 0 Å². The summed E-state index contributed by atoms with van der Waals surface area (Å²) < 4.78 is 0. The van der Waals surface area contributed by atoms with Crippen molar-refractivity contribution in [3.63, 3.8) is 0 Å². The van der Waals surface area contributed by atoms with Crippen LogP contribution in [0.5, 0.6) is 0 Å². The molecule has 0 aliphatic heterocycles. The number of pyridine rings is 1. The maximum Gasteiger partial charge on any atom is 0.251 e. The number of thioether (sulfide) groups is 1. The minimum Gasteiger partial charge on any atom is -0.396 e. The molecule has 1 saturated carbocycles. The van der Waals surface area contributed by atoms with Gasteiger partial charge in [-0.3, -0.25) is 4.79 Å². The molecule has 0 amide bonds. The maximum absolute atomic E-state index is 12.1. The van der Waals surface area contributed by atoms with Crippen molar-refractivity contribution in [3.8, 4) is 0 Å². The summed E-state index contributed by atoms with van der Waals surface area (Å²) in [5, 5.41) is 9.66. The zero-order valence-electron chi connectivity index (χ0n) is 15.6. The summed E-state index contributed by atoms with van der Waals surface area (Å²) in [4.78, 5) is 16.2.